The number of amides is 1. The molecule has 0 bridgehead atoms. The summed E-state index contributed by atoms with van der Waals surface area (Å²) < 4.78 is 4.95. The van der Waals surface area contributed by atoms with Gasteiger partial charge in [-0.2, -0.15) is 0 Å². The Balaban J connectivity index is 2.36. The van der Waals surface area contributed by atoms with E-state index >= 15 is 0 Å². The van der Waals surface area contributed by atoms with Crippen molar-refractivity contribution >= 4 is 40.9 Å². The predicted molar refractivity (Wildman–Crippen MR) is 82.1 cm³/mol. The average molecular weight is 322 g/mol. The summed E-state index contributed by atoms with van der Waals surface area (Å²) in [6.45, 7) is 2.41. The summed E-state index contributed by atoms with van der Waals surface area (Å²) in [7, 11) is 1.61. The third-order valence-electron chi connectivity index (χ3n) is 2.37. The largest absolute Gasteiger partial charge is 0.383 e. The molecule has 0 aliphatic rings. The van der Waals surface area contributed by atoms with E-state index < -0.39 is 0 Å². The Morgan fingerprint density at radius 2 is 2.05 bits per heavy atom. The average Bonchev–Trinajstić information content (AvgIpc) is 2.33. The zero-order valence-corrected chi connectivity index (χ0v) is 13.2. The Morgan fingerprint density at radius 1 is 1.42 bits per heavy atom. The number of benzene rings is 1. The highest BCUT2D eigenvalue weighted by molar-refractivity contribution is 7.99. The molecule has 1 N–H and O–H groups in total. The number of rotatable bonds is 7. The maximum absolute atomic E-state index is 11.6. The van der Waals surface area contributed by atoms with Crippen LogP contribution in [0.4, 0.5) is 0 Å². The second-order valence-electron chi connectivity index (χ2n) is 4.12. The number of thioether (sulfide) groups is 1. The van der Waals surface area contributed by atoms with E-state index in [1.165, 1.54) is 11.8 Å². The van der Waals surface area contributed by atoms with Crippen molar-refractivity contribution in [3.05, 3.63) is 33.8 Å². The van der Waals surface area contributed by atoms with Gasteiger partial charge in [0, 0.05) is 28.9 Å². The molecular formula is C13H17Cl2NO2S. The highest BCUT2D eigenvalue weighted by Crippen LogP contribution is 2.27. The van der Waals surface area contributed by atoms with E-state index in [2.05, 4.69) is 5.32 Å². The molecule has 0 heterocycles. The van der Waals surface area contributed by atoms with Crippen LogP contribution in [0.5, 0.6) is 0 Å². The van der Waals surface area contributed by atoms with E-state index in [9.17, 15) is 4.79 Å². The van der Waals surface area contributed by atoms with Crippen molar-refractivity contribution in [3.63, 3.8) is 0 Å². The second-order valence-corrected chi connectivity index (χ2v) is 5.92. The molecule has 0 saturated heterocycles. The van der Waals surface area contributed by atoms with Crippen LogP contribution in [0.3, 0.4) is 0 Å². The van der Waals surface area contributed by atoms with Crippen LogP contribution in [-0.2, 0) is 15.3 Å². The van der Waals surface area contributed by atoms with E-state index in [1.54, 1.807) is 25.3 Å². The quantitative estimate of drug-likeness (QED) is 0.836. The topological polar surface area (TPSA) is 38.3 Å². The first-order valence-electron chi connectivity index (χ1n) is 5.83. The Bertz CT molecular complexity index is 409. The van der Waals surface area contributed by atoms with Crippen molar-refractivity contribution < 1.29 is 9.53 Å². The summed E-state index contributed by atoms with van der Waals surface area (Å²) in [6.07, 6.45) is 0. The highest BCUT2D eigenvalue weighted by atomic mass is 35.5. The van der Waals surface area contributed by atoms with Crippen molar-refractivity contribution in [2.24, 2.45) is 0 Å². The molecule has 0 aromatic heterocycles. The fourth-order valence-electron chi connectivity index (χ4n) is 1.52. The van der Waals surface area contributed by atoms with Crippen molar-refractivity contribution in [1.82, 2.24) is 5.32 Å². The van der Waals surface area contributed by atoms with Gasteiger partial charge < -0.3 is 10.1 Å². The number of carbonyl (C=O) groups is 1. The van der Waals surface area contributed by atoms with Crippen LogP contribution >= 0.6 is 35.0 Å². The van der Waals surface area contributed by atoms with E-state index in [0.29, 0.717) is 28.2 Å². The number of ether oxygens (including phenoxy) is 1. The minimum Gasteiger partial charge on any atom is -0.383 e. The first-order chi connectivity index (χ1) is 9.04. The minimum absolute atomic E-state index is 0.0157. The van der Waals surface area contributed by atoms with Gasteiger partial charge in [-0.1, -0.05) is 29.3 Å². The van der Waals surface area contributed by atoms with E-state index in [0.717, 1.165) is 5.56 Å². The molecule has 1 amide bonds. The SMILES string of the molecule is COC[C@H](C)NC(=O)CSCc1c(Cl)cccc1Cl. The molecule has 0 saturated carbocycles. The van der Waals surface area contributed by atoms with Crippen molar-refractivity contribution in [2.45, 2.75) is 18.7 Å². The van der Waals surface area contributed by atoms with Crippen molar-refractivity contribution in [2.75, 3.05) is 19.5 Å². The van der Waals surface area contributed by atoms with Crippen molar-refractivity contribution in [3.8, 4) is 0 Å². The van der Waals surface area contributed by atoms with Gasteiger partial charge in [-0.25, -0.2) is 0 Å². The van der Waals surface area contributed by atoms with Gasteiger partial charge in [-0.3, -0.25) is 4.79 Å². The first-order valence-corrected chi connectivity index (χ1v) is 7.74. The maximum atomic E-state index is 11.6. The van der Waals surface area contributed by atoms with E-state index in [4.69, 9.17) is 27.9 Å². The van der Waals surface area contributed by atoms with Crippen LogP contribution in [0.25, 0.3) is 0 Å². The smallest absolute Gasteiger partial charge is 0.230 e. The fraction of sp³-hybridized carbons (Fsp3) is 0.462. The molecule has 1 atom stereocenters. The van der Waals surface area contributed by atoms with Gasteiger partial charge in [0.2, 0.25) is 5.91 Å². The molecule has 0 aliphatic carbocycles. The Labute approximate surface area is 128 Å². The molecule has 19 heavy (non-hydrogen) atoms. The lowest BCUT2D eigenvalue weighted by molar-refractivity contribution is -0.119. The normalized spacial score (nSPS) is 12.2. The van der Waals surface area contributed by atoms with Crippen LogP contribution in [0.15, 0.2) is 18.2 Å². The van der Waals surface area contributed by atoms with Crippen LogP contribution in [-0.4, -0.2) is 31.4 Å². The van der Waals surface area contributed by atoms with Gasteiger partial charge in [0.25, 0.3) is 0 Å². The van der Waals surface area contributed by atoms with Crippen molar-refractivity contribution in [1.29, 1.82) is 0 Å². The van der Waals surface area contributed by atoms with Crippen LogP contribution in [0.1, 0.15) is 12.5 Å². The summed E-state index contributed by atoms with van der Waals surface area (Å²) in [5.41, 5.74) is 0.869. The van der Waals surface area contributed by atoms with Crippen LogP contribution in [0.2, 0.25) is 10.0 Å². The number of halogens is 2. The second kappa shape index (κ2) is 8.69. The number of nitrogens with one attached hydrogen (secondary N) is 1. The summed E-state index contributed by atoms with van der Waals surface area (Å²) in [5, 5.41) is 4.11. The number of hydrogen-bond donors (Lipinski definition) is 1. The molecule has 0 radical (unpaired) electrons. The van der Waals surface area contributed by atoms with E-state index in [-0.39, 0.29) is 11.9 Å². The number of hydrogen-bond acceptors (Lipinski definition) is 3. The zero-order valence-electron chi connectivity index (χ0n) is 10.9. The number of carbonyl (C=O) groups excluding carboxylic acids is 1. The molecule has 6 heteroatoms. The van der Waals surface area contributed by atoms with Gasteiger partial charge >= 0.3 is 0 Å². The van der Waals surface area contributed by atoms with Gasteiger partial charge in [-0.15, -0.1) is 11.8 Å². The molecule has 0 fully saturated rings. The lowest BCUT2D eigenvalue weighted by Crippen LogP contribution is -2.36. The standard InChI is InChI=1S/C13H17Cl2NO2S/c1-9(6-18-2)16-13(17)8-19-7-10-11(14)4-3-5-12(10)15/h3-5,9H,6-8H2,1-2H3,(H,16,17)/t9-/m0/s1. The fourth-order valence-corrected chi connectivity index (χ4v) is 3.10. The lowest BCUT2D eigenvalue weighted by Gasteiger charge is -2.12. The molecule has 106 valence electrons. The molecule has 1 rings (SSSR count). The zero-order chi connectivity index (χ0) is 14.3. The minimum atomic E-state index is -0.0160. The van der Waals surface area contributed by atoms with Gasteiger partial charge in [0.1, 0.15) is 0 Å². The van der Waals surface area contributed by atoms with Gasteiger partial charge in [0.05, 0.1) is 12.4 Å². The predicted octanol–water partition coefficient (Wildman–Crippen LogP) is 3.38. The van der Waals surface area contributed by atoms with Gasteiger partial charge in [0.15, 0.2) is 0 Å². The molecule has 1 aromatic rings. The third kappa shape index (κ3) is 6.04. The van der Waals surface area contributed by atoms with Crippen LogP contribution < -0.4 is 5.32 Å². The highest BCUT2D eigenvalue weighted by Gasteiger charge is 2.09. The molecule has 0 spiro atoms. The third-order valence-corrected chi connectivity index (χ3v) is 4.03. The number of methoxy groups -OCH3 is 1. The Morgan fingerprint density at radius 3 is 2.63 bits per heavy atom. The molecule has 3 nitrogen and oxygen atoms in total. The Kier molecular flexibility index (Phi) is 7.61. The molecular weight excluding hydrogens is 305 g/mol. The maximum Gasteiger partial charge on any atom is 0.230 e. The molecule has 0 unspecified atom stereocenters. The Hall–Kier alpha value is -0.420. The van der Waals surface area contributed by atoms with E-state index in [1.807, 2.05) is 6.92 Å². The first kappa shape index (κ1) is 16.6. The summed E-state index contributed by atoms with van der Waals surface area (Å²) in [6, 6.07) is 5.41. The lowest BCUT2D eigenvalue weighted by atomic mass is 10.2. The van der Waals surface area contributed by atoms with Crippen LogP contribution in [0, 0.1) is 0 Å². The molecule has 0 aliphatic heterocycles. The summed E-state index contributed by atoms with van der Waals surface area (Å²) >= 11 is 13.6. The summed E-state index contributed by atoms with van der Waals surface area (Å²) in [4.78, 5) is 11.6. The monoisotopic (exact) mass is 321 g/mol. The molecule has 1 aromatic carbocycles. The van der Waals surface area contributed by atoms with Gasteiger partial charge in [-0.05, 0) is 24.6 Å². The summed E-state index contributed by atoms with van der Waals surface area (Å²) in [5.74, 6) is 0.970.